The fourth-order valence-corrected chi connectivity index (χ4v) is 2.17. The first-order chi connectivity index (χ1) is 9.58. The van der Waals surface area contributed by atoms with Crippen LogP contribution in [0.15, 0.2) is 18.2 Å². The normalized spacial score (nSPS) is 12.8. The zero-order valence-electron chi connectivity index (χ0n) is 12.9. The van der Waals surface area contributed by atoms with Crippen LogP contribution in [0.2, 0.25) is 0 Å². The first-order valence-electron chi connectivity index (χ1n) is 6.87. The molecular weight excluding hydrogens is 273 g/mol. The molecule has 5 heteroatoms. The van der Waals surface area contributed by atoms with Crippen LogP contribution >= 0.6 is 0 Å². The Bertz CT molecular complexity index is 515. The van der Waals surface area contributed by atoms with Crippen molar-refractivity contribution in [2.45, 2.75) is 34.1 Å². The molecule has 0 radical (unpaired) electrons. The number of carbonyl (C=O) groups excluding carboxylic acids is 1. The zero-order valence-corrected chi connectivity index (χ0v) is 12.9. The molecule has 1 amide bonds. The molecule has 0 spiro atoms. The summed E-state index contributed by atoms with van der Waals surface area (Å²) >= 11 is 0. The summed E-state index contributed by atoms with van der Waals surface area (Å²) in [6.07, 6.45) is 0.449. The van der Waals surface area contributed by atoms with Gasteiger partial charge in [-0.25, -0.2) is 4.39 Å². The van der Waals surface area contributed by atoms with E-state index in [0.717, 1.165) is 6.07 Å². The Morgan fingerprint density at radius 2 is 1.90 bits per heavy atom. The standard InChI is InChI=1S/C16H22FNO3/c1-10-5-11(7-13(17)6-10)14(19)18-9-12(15(20)21)8-16(2,3)4/h5-7,12H,8-9H2,1-4H3,(H,18,19)(H,20,21). The first kappa shape index (κ1) is 17.1. The fourth-order valence-electron chi connectivity index (χ4n) is 2.17. The summed E-state index contributed by atoms with van der Waals surface area (Å²) in [5, 5.41) is 11.8. The van der Waals surface area contributed by atoms with Gasteiger partial charge in [-0.1, -0.05) is 20.8 Å². The van der Waals surface area contributed by atoms with Gasteiger partial charge in [-0.05, 0) is 42.5 Å². The maximum absolute atomic E-state index is 13.3. The molecule has 0 aliphatic heterocycles. The summed E-state index contributed by atoms with van der Waals surface area (Å²) in [5.41, 5.74) is 0.695. The van der Waals surface area contributed by atoms with E-state index in [1.165, 1.54) is 6.07 Å². The number of nitrogens with one attached hydrogen (secondary N) is 1. The molecule has 1 unspecified atom stereocenters. The molecule has 0 saturated heterocycles. The van der Waals surface area contributed by atoms with Crippen molar-refractivity contribution in [1.82, 2.24) is 5.32 Å². The van der Waals surface area contributed by atoms with Gasteiger partial charge in [0.1, 0.15) is 5.82 Å². The molecule has 4 nitrogen and oxygen atoms in total. The van der Waals surface area contributed by atoms with Crippen molar-refractivity contribution < 1.29 is 19.1 Å². The highest BCUT2D eigenvalue weighted by atomic mass is 19.1. The zero-order chi connectivity index (χ0) is 16.2. The number of rotatable bonds is 5. The number of hydrogen-bond acceptors (Lipinski definition) is 2. The molecule has 0 saturated carbocycles. The Labute approximate surface area is 124 Å². The van der Waals surface area contributed by atoms with E-state index < -0.39 is 23.6 Å². The fraction of sp³-hybridized carbons (Fsp3) is 0.500. The molecular formula is C16H22FNO3. The third-order valence-electron chi connectivity index (χ3n) is 3.02. The van der Waals surface area contributed by atoms with Crippen molar-refractivity contribution in [1.29, 1.82) is 0 Å². The van der Waals surface area contributed by atoms with E-state index in [9.17, 15) is 19.1 Å². The first-order valence-corrected chi connectivity index (χ1v) is 6.87. The van der Waals surface area contributed by atoms with E-state index in [1.54, 1.807) is 13.0 Å². The highest BCUT2D eigenvalue weighted by Gasteiger charge is 2.25. The summed E-state index contributed by atoms with van der Waals surface area (Å²) < 4.78 is 13.3. The lowest BCUT2D eigenvalue weighted by atomic mass is 9.84. The van der Waals surface area contributed by atoms with Crippen LogP contribution < -0.4 is 5.32 Å². The minimum absolute atomic E-state index is 0.0288. The van der Waals surface area contributed by atoms with Crippen molar-refractivity contribution in [3.05, 3.63) is 35.1 Å². The highest BCUT2D eigenvalue weighted by molar-refractivity contribution is 5.94. The van der Waals surface area contributed by atoms with Crippen molar-refractivity contribution >= 4 is 11.9 Å². The number of amides is 1. The van der Waals surface area contributed by atoms with Crippen molar-refractivity contribution in [2.24, 2.45) is 11.3 Å². The van der Waals surface area contributed by atoms with Gasteiger partial charge in [0, 0.05) is 12.1 Å². The molecule has 1 rings (SSSR count). The minimum atomic E-state index is -0.944. The average Bonchev–Trinajstić information content (AvgIpc) is 2.31. The Kier molecular flexibility index (Phi) is 5.47. The molecule has 0 fully saturated rings. The SMILES string of the molecule is Cc1cc(F)cc(C(=O)NCC(CC(C)(C)C)C(=O)O)c1. The number of benzene rings is 1. The third-order valence-corrected chi connectivity index (χ3v) is 3.02. The number of carboxylic acids is 1. The van der Waals surface area contributed by atoms with Gasteiger partial charge in [-0.15, -0.1) is 0 Å². The van der Waals surface area contributed by atoms with Crippen molar-refractivity contribution in [3.8, 4) is 0 Å². The van der Waals surface area contributed by atoms with Crippen LogP contribution in [-0.2, 0) is 4.79 Å². The predicted molar refractivity (Wildman–Crippen MR) is 78.7 cm³/mol. The summed E-state index contributed by atoms with van der Waals surface area (Å²) in [7, 11) is 0. The number of aryl methyl sites for hydroxylation is 1. The molecule has 1 aromatic carbocycles. The van der Waals surface area contributed by atoms with Crippen molar-refractivity contribution in [2.75, 3.05) is 6.54 Å². The summed E-state index contributed by atoms with van der Waals surface area (Å²) in [6, 6.07) is 4.04. The summed E-state index contributed by atoms with van der Waals surface area (Å²) in [6.45, 7) is 7.56. The number of hydrogen-bond donors (Lipinski definition) is 2. The van der Waals surface area contributed by atoms with Crippen LogP contribution in [0.4, 0.5) is 4.39 Å². The highest BCUT2D eigenvalue weighted by Crippen LogP contribution is 2.24. The van der Waals surface area contributed by atoms with Gasteiger partial charge in [-0.3, -0.25) is 9.59 Å². The molecule has 116 valence electrons. The summed E-state index contributed by atoms with van der Waals surface area (Å²) in [5.74, 6) is -2.55. The molecule has 0 bridgehead atoms. The summed E-state index contributed by atoms with van der Waals surface area (Å²) in [4.78, 5) is 23.2. The van der Waals surface area contributed by atoms with Gasteiger partial charge in [0.05, 0.1) is 5.92 Å². The Morgan fingerprint density at radius 3 is 2.38 bits per heavy atom. The van der Waals surface area contributed by atoms with Gasteiger partial charge in [0.2, 0.25) is 0 Å². The molecule has 21 heavy (non-hydrogen) atoms. The van der Waals surface area contributed by atoms with E-state index >= 15 is 0 Å². The second-order valence-electron chi connectivity index (χ2n) is 6.53. The second kappa shape index (κ2) is 6.70. The van der Waals surface area contributed by atoms with Gasteiger partial charge >= 0.3 is 5.97 Å². The van der Waals surface area contributed by atoms with E-state index in [-0.39, 0.29) is 17.5 Å². The lowest BCUT2D eigenvalue weighted by Crippen LogP contribution is -2.35. The van der Waals surface area contributed by atoms with Gasteiger partial charge in [0.15, 0.2) is 0 Å². The quantitative estimate of drug-likeness (QED) is 0.877. The van der Waals surface area contributed by atoms with Crippen LogP contribution in [0.1, 0.15) is 43.1 Å². The van der Waals surface area contributed by atoms with E-state index in [0.29, 0.717) is 12.0 Å². The average molecular weight is 295 g/mol. The number of carbonyl (C=O) groups is 2. The largest absolute Gasteiger partial charge is 0.481 e. The predicted octanol–water partition coefficient (Wildman–Crippen LogP) is 3.00. The van der Waals surface area contributed by atoms with Crippen LogP contribution in [-0.4, -0.2) is 23.5 Å². The molecule has 2 N–H and O–H groups in total. The monoisotopic (exact) mass is 295 g/mol. The lowest BCUT2D eigenvalue weighted by Gasteiger charge is -2.23. The number of aliphatic carboxylic acids is 1. The molecule has 0 aliphatic rings. The third kappa shape index (κ3) is 5.94. The van der Waals surface area contributed by atoms with E-state index in [1.807, 2.05) is 20.8 Å². The lowest BCUT2D eigenvalue weighted by molar-refractivity contribution is -0.142. The van der Waals surface area contributed by atoms with Crippen LogP contribution in [0, 0.1) is 24.1 Å². The number of carboxylic acid groups (broad SMARTS) is 1. The topological polar surface area (TPSA) is 66.4 Å². The molecule has 1 atom stereocenters. The smallest absolute Gasteiger partial charge is 0.308 e. The van der Waals surface area contributed by atoms with Gasteiger partial charge in [-0.2, -0.15) is 0 Å². The number of halogens is 1. The Morgan fingerprint density at radius 1 is 1.29 bits per heavy atom. The van der Waals surface area contributed by atoms with Crippen LogP contribution in [0.25, 0.3) is 0 Å². The van der Waals surface area contributed by atoms with Crippen LogP contribution in [0.5, 0.6) is 0 Å². The maximum Gasteiger partial charge on any atom is 0.308 e. The van der Waals surface area contributed by atoms with E-state index in [2.05, 4.69) is 5.32 Å². The van der Waals surface area contributed by atoms with Crippen molar-refractivity contribution in [3.63, 3.8) is 0 Å². The van der Waals surface area contributed by atoms with Crippen LogP contribution in [0.3, 0.4) is 0 Å². The minimum Gasteiger partial charge on any atom is -0.481 e. The van der Waals surface area contributed by atoms with Gasteiger partial charge in [0.25, 0.3) is 5.91 Å². The maximum atomic E-state index is 13.3. The molecule has 1 aromatic rings. The second-order valence-corrected chi connectivity index (χ2v) is 6.53. The van der Waals surface area contributed by atoms with Gasteiger partial charge < -0.3 is 10.4 Å². The molecule has 0 aromatic heterocycles. The van der Waals surface area contributed by atoms with E-state index in [4.69, 9.17) is 0 Å². The Balaban J connectivity index is 2.71. The molecule has 0 heterocycles. The Hall–Kier alpha value is -1.91. The molecule has 0 aliphatic carbocycles.